The lowest BCUT2D eigenvalue weighted by molar-refractivity contribution is -0.384. The predicted octanol–water partition coefficient (Wildman–Crippen LogP) is 3.63. The number of anilines is 2. The summed E-state index contributed by atoms with van der Waals surface area (Å²) in [6.07, 6.45) is 1.79. The molecule has 34 heavy (non-hydrogen) atoms. The van der Waals surface area contributed by atoms with Gasteiger partial charge in [-0.25, -0.2) is 0 Å². The minimum Gasteiger partial charge on any atom is -0.494 e. The van der Waals surface area contributed by atoms with Gasteiger partial charge in [0.1, 0.15) is 22.8 Å². The highest BCUT2D eigenvalue weighted by molar-refractivity contribution is 5.95. The van der Waals surface area contributed by atoms with Crippen LogP contribution in [0.5, 0.6) is 11.5 Å². The quantitative estimate of drug-likeness (QED) is 0.250. The molecule has 0 radical (unpaired) electrons. The second-order valence-corrected chi connectivity index (χ2v) is 8.49. The van der Waals surface area contributed by atoms with Gasteiger partial charge in [0.05, 0.1) is 17.0 Å². The number of fused-ring (bicyclic) bond motifs is 1. The van der Waals surface area contributed by atoms with E-state index < -0.39 is 21.4 Å². The van der Waals surface area contributed by atoms with Crippen molar-refractivity contribution in [2.24, 2.45) is 5.73 Å². The van der Waals surface area contributed by atoms with E-state index in [0.29, 0.717) is 43.8 Å². The van der Waals surface area contributed by atoms with Gasteiger partial charge in [-0.3, -0.25) is 25.0 Å². The van der Waals surface area contributed by atoms with Gasteiger partial charge in [0, 0.05) is 42.8 Å². The maximum atomic E-state index is 11.5. The summed E-state index contributed by atoms with van der Waals surface area (Å²) >= 11 is 0. The molecule has 1 heterocycles. The molecule has 2 aromatic carbocycles. The third-order valence-corrected chi connectivity index (χ3v) is 5.42. The number of unbranched alkanes of at least 4 members (excludes halogenated alkanes) is 1. The van der Waals surface area contributed by atoms with Crippen LogP contribution in [0.3, 0.4) is 0 Å². The third-order valence-electron chi connectivity index (χ3n) is 5.42. The average molecular weight is 473 g/mol. The first kappa shape index (κ1) is 24.6. The van der Waals surface area contributed by atoms with Crippen LogP contribution in [0, 0.1) is 20.2 Å². The number of carbonyl (C=O) groups excluding carboxylic acids is 1. The number of rotatable bonds is 11. The van der Waals surface area contributed by atoms with Crippen molar-refractivity contribution in [3.8, 4) is 11.5 Å². The number of hydrogen-bond acceptors (Lipinski definition) is 9. The summed E-state index contributed by atoms with van der Waals surface area (Å²) in [6.45, 7) is 4.69. The van der Waals surface area contributed by atoms with E-state index in [0.717, 1.165) is 11.6 Å². The van der Waals surface area contributed by atoms with Crippen molar-refractivity contribution in [2.45, 2.75) is 38.7 Å². The number of ether oxygens (including phenoxy) is 2. The second kappa shape index (κ2) is 9.81. The number of nitrogens with zero attached hydrogens (tertiary/aromatic N) is 2. The van der Waals surface area contributed by atoms with Crippen molar-refractivity contribution < 1.29 is 24.1 Å². The highest BCUT2D eigenvalue weighted by atomic mass is 16.6. The Morgan fingerprint density at radius 1 is 1.09 bits per heavy atom. The number of nitro groups is 2. The molecule has 0 aliphatic carbocycles. The normalized spacial score (nSPS) is 13.5. The summed E-state index contributed by atoms with van der Waals surface area (Å²) in [6, 6.07) is 5.51. The Labute approximate surface area is 195 Å². The van der Waals surface area contributed by atoms with Crippen molar-refractivity contribution in [2.75, 3.05) is 30.8 Å². The molecular weight excluding hydrogens is 446 g/mol. The van der Waals surface area contributed by atoms with E-state index in [2.05, 4.69) is 10.6 Å². The molecule has 0 aromatic heterocycles. The molecule has 4 N–H and O–H groups in total. The number of methoxy groups -OCH3 is 1. The van der Waals surface area contributed by atoms with Crippen molar-refractivity contribution >= 4 is 28.7 Å². The van der Waals surface area contributed by atoms with Crippen LogP contribution in [-0.4, -0.2) is 41.6 Å². The Hall–Kier alpha value is -4.09. The molecule has 0 unspecified atom stereocenters. The third kappa shape index (κ3) is 5.27. The van der Waals surface area contributed by atoms with Gasteiger partial charge in [-0.05, 0) is 38.8 Å². The number of nitrogens with two attached hydrogens (primary N) is 1. The summed E-state index contributed by atoms with van der Waals surface area (Å²) in [5, 5.41) is 29.1. The molecule has 0 fully saturated rings. The fourth-order valence-electron chi connectivity index (χ4n) is 3.90. The zero-order chi connectivity index (χ0) is 25.0. The van der Waals surface area contributed by atoms with Crippen LogP contribution in [-0.2, 0) is 6.42 Å². The van der Waals surface area contributed by atoms with Gasteiger partial charge in [0.2, 0.25) is 5.91 Å². The fourth-order valence-corrected chi connectivity index (χ4v) is 3.90. The highest BCUT2D eigenvalue weighted by Gasteiger charge is 2.35. The zero-order valence-electron chi connectivity index (χ0n) is 19.2. The van der Waals surface area contributed by atoms with Crippen molar-refractivity contribution in [3.63, 3.8) is 0 Å². The summed E-state index contributed by atoms with van der Waals surface area (Å²) in [5.74, 6) is -0.0212. The largest absolute Gasteiger partial charge is 0.494 e. The molecule has 1 aliphatic heterocycles. The van der Waals surface area contributed by atoms with Crippen LogP contribution >= 0.6 is 0 Å². The van der Waals surface area contributed by atoms with E-state index in [-0.39, 0.29) is 28.4 Å². The Morgan fingerprint density at radius 3 is 2.26 bits per heavy atom. The highest BCUT2D eigenvalue weighted by Crippen LogP contribution is 2.43. The second-order valence-electron chi connectivity index (χ2n) is 8.49. The Morgan fingerprint density at radius 2 is 1.71 bits per heavy atom. The van der Waals surface area contributed by atoms with E-state index in [1.54, 1.807) is 6.07 Å². The lowest BCUT2D eigenvalue weighted by atomic mass is 9.99. The van der Waals surface area contributed by atoms with Crippen molar-refractivity contribution in [1.29, 1.82) is 0 Å². The predicted molar refractivity (Wildman–Crippen MR) is 126 cm³/mol. The molecule has 0 saturated carbocycles. The van der Waals surface area contributed by atoms with Gasteiger partial charge < -0.3 is 25.8 Å². The molecule has 0 atom stereocenters. The average Bonchev–Trinajstić information content (AvgIpc) is 3.09. The lowest BCUT2D eigenvalue weighted by Crippen LogP contribution is -2.24. The van der Waals surface area contributed by atoms with E-state index in [1.165, 1.54) is 19.2 Å². The van der Waals surface area contributed by atoms with Gasteiger partial charge in [-0.2, -0.15) is 0 Å². The number of nitrogens with one attached hydrogen (secondary N) is 2. The monoisotopic (exact) mass is 473 g/mol. The Balaban J connectivity index is 1.63. The van der Waals surface area contributed by atoms with Crippen molar-refractivity contribution in [1.82, 2.24) is 0 Å². The van der Waals surface area contributed by atoms with Crippen LogP contribution in [0.15, 0.2) is 24.3 Å². The zero-order valence-corrected chi connectivity index (χ0v) is 19.2. The number of primary amides is 1. The molecule has 0 saturated heterocycles. The lowest BCUT2D eigenvalue weighted by Gasteiger charge is -2.16. The van der Waals surface area contributed by atoms with E-state index in [1.807, 2.05) is 13.8 Å². The van der Waals surface area contributed by atoms with Gasteiger partial charge in [0.15, 0.2) is 5.69 Å². The molecule has 2 aromatic rings. The topological polar surface area (TPSA) is 172 Å². The van der Waals surface area contributed by atoms with Gasteiger partial charge in [-0.15, -0.1) is 0 Å². The minimum absolute atomic E-state index is 0.00641. The molecule has 12 nitrogen and oxygen atoms in total. The van der Waals surface area contributed by atoms with Crippen LogP contribution < -0.4 is 25.8 Å². The van der Waals surface area contributed by atoms with Crippen molar-refractivity contribution in [3.05, 3.63) is 55.6 Å². The molecule has 182 valence electrons. The summed E-state index contributed by atoms with van der Waals surface area (Å²) < 4.78 is 11.1. The van der Waals surface area contributed by atoms with Gasteiger partial charge in [0.25, 0.3) is 11.4 Å². The molecule has 3 rings (SSSR count). The smallest absolute Gasteiger partial charge is 0.296 e. The number of benzene rings is 2. The Kier molecular flexibility index (Phi) is 7.08. The molecule has 0 spiro atoms. The van der Waals surface area contributed by atoms with Crippen LogP contribution in [0.1, 0.15) is 42.6 Å². The summed E-state index contributed by atoms with van der Waals surface area (Å²) in [7, 11) is 1.34. The first-order valence-corrected chi connectivity index (χ1v) is 10.7. The maximum Gasteiger partial charge on any atom is 0.296 e. The molecule has 1 amide bonds. The standard InChI is InChI=1S/C22H27N5O7/c1-22(2)12-14-17(34-22)7-6-15(26(29)30)19(14)24-8-4-5-9-25-20-16(27(31)32)10-13(21(23)28)11-18(20)33-3/h6-7,10-11,24-25H,4-5,8-9,12H2,1-3H3,(H2,23,28). The molecule has 0 bridgehead atoms. The minimum atomic E-state index is -0.797. The first-order chi connectivity index (χ1) is 16.0. The Bertz CT molecular complexity index is 1130. The van der Waals surface area contributed by atoms with E-state index in [4.69, 9.17) is 15.2 Å². The first-order valence-electron chi connectivity index (χ1n) is 10.7. The summed E-state index contributed by atoms with van der Waals surface area (Å²) in [5.41, 5.74) is 5.86. The van der Waals surface area contributed by atoms with Gasteiger partial charge in [-0.1, -0.05) is 0 Å². The van der Waals surface area contributed by atoms with Crippen LogP contribution in [0.2, 0.25) is 0 Å². The molecular formula is C22H27N5O7. The number of hydrogen-bond donors (Lipinski definition) is 3. The SMILES string of the molecule is COc1cc(C(N)=O)cc([N+](=O)[O-])c1NCCCCNc1c([N+](=O)[O-])ccc2c1CC(C)(C)O2. The number of amides is 1. The molecule has 1 aliphatic rings. The van der Waals surface area contributed by atoms with Crippen LogP contribution in [0.25, 0.3) is 0 Å². The fraction of sp³-hybridized carbons (Fsp3) is 0.409. The number of carbonyl (C=O) groups is 1. The van der Waals surface area contributed by atoms with Crippen LogP contribution in [0.4, 0.5) is 22.7 Å². The number of nitro benzene ring substituents is 2. The van der Waals surface area contributed by atoms with Gasteiger partial charge >= 0.3 is 0 Å². The van der Waals surface area contributed by atoms with E-state index in [9.17, 15) is 25.0 Å². The summed E-state index contributed by atoms with van der Waals surface area (Å²) in [4.78, 5) is 33.4. The van der Waals surface area contributed by atoms with E-state index >= 15 is 0 Å². The maximum absolute atomic E-state index is 11.5. The molecule has 12 heteroatoms.